The Morgan fingerprint density at radius 3 is 2.20 bits per heavy atom. The Kier molecular flexibility index (Phi) is 5.98. The lowest BCUT2D eigenvalue weighted by Crippen LogP contribution is -2.53. The lowest BCUT2D eigenvalue weighted by atomic mass is 9.93. The van der Waals surface area contributed by atoms with Gasteiger partial charge in [0.1, 0.15) is 5.54 Å². The molecule has 6 heteroatoms. The number of carboxylic acid groups (broad SMARTS) is 1. The number of aliphatic carboxylic acids is 1. The number of carbonyl (C=O) groups excluding carboxylic acids is 1. The Morgan fingerprint density at radius 1 is 1.20 bits per heavy atom. The van der Waals surface area contributed by atoms with E-state index in [0.717, 1.165) is 0 Å². The summed E-state index contributed by atoms with van der Waals surface area (Å²) in [4.78, 5) is 23.1. The van der Waals surface area contributed by atoms with Crippen LogP contribution in [0.1, 0.15) is 26.7 Å². The molecule has 0 unspecified atom stereocenters. The Morgan fingerprint density at radius 2 is 1.75 bits per heavy atom. The van der Waals surface area contributed by atoms with E-state index in [4.69, 9.17) is 11.6 Å². The first-order valence-electron chi connectivity index (χ1n) is 6.47. The molecule has 0 aromatic heterocycles. The molecule has 0 aliphatic heterocycles. The molecule has 0 saturated carbocycles. The van der Waals surface area contributed by atoms with E-state index in [1.807, 2.05) is 0 Å². The predicted octanol–water partition coefficient (Wildman–Crippen LogP) is 2.51. The van der Waals surface area contributed by atoms with Crippen molar-refractivity contribution in [3.63, 3.8) is 0 Å². The predicted molar refractivity (Wildman–Crippen MR) is 79.0 cm³/mol. The largest absolute Gasteiger partial charge is 0.480 e. The first-order chi connectivity index (χ1) is 9.43. The summed E-state index contributed by atoms with van der Waals surface area (Å²) >= 11 is 5.75. The zero-order valence-corrected chi connectivity index (χ0v) is 12.3. The second kappa shape index (κ2) is 7.26. The maximum Gasteiger partial charge on any atom is 0.323 e. The quantitative estimate of drug-likeness (QED) is 0.723. The summed E-state index contributed by atoms with van der Waals surface area (Å²) in [6, 6.07) is 6.71. The smallest absolute Gasteiger partial charge is 0.323 e. The van der Waals surface area contributed by atoms with Gasteiger partial charge in [0, 0.05) is 10.7 Å². The summed E-state index contributed by atoms with van der Waals surface area (Å²) in [5.41, 5.74) is -0.438. The van der Waals surface area contributed by atoms with Crippen LogP contribution in [0.2, 0.25) is 5.02 Å². The summed E-state index contributed by atoms with van der Waals surface area (Å²) in [5, 5.41) is 15.3. The molecular formula is C14H19ClN2O3. The van der Waals surface area contributed by atoms with Crippen LogP contribution < -0.4 is 10.6 Å². The van der Waals surface area contributed by atoms with Crippen molar-refractivity contribution >= 4 is 29.2 Å². The maximum absolute atomic E-state index is 11.8. The van der Waals surface area contributed by atoms with Crippen LogP contribution in [0.4, 0.5) is 5.69 Å². The Labute approximate surface area is 123 Å². The molecule has 0 heterocycles. The highest BCUT2D eigenvalue weighted by atomic mass is 35.5. The van der Waals surface area contributed by atoms with E-state index in [1.165, 1.54) is 0 Å². The minimum absolute atomic E-state index is 0.0589. The van der Waals surface area contributed by atoms with E-state index < -0.39 is 11.5 Å². The molecule has 0 fully saturated rings. The van der Waals surface area contributed by atoms with Crippen molar-refractivity contribution in [2.24, 2.45) is 0 Å². The van der Waals surface area contributed by atoms with Crippen LogP contribution in [0.3, 0.4) is 0 Å². The highest BCUT2D eigenvalue weighted by Crippen LogP contribution is 2.16. The first kappa shape index (κ1) is 16.5. The van der Waals surface area contributed by atoms with Crippen LogP contribution in [0, 0.1) is 0 Å². The average molecular weight is 299 g/mol. The molecule has 0 atom stereocenters. The number of rotatable bonds is 7. The van der Waals surface area contributed by atoms with Crippen LogP contribution in [-0.4, -0.2) is 29.1 Å². The van der Waals surface area contributed by atoms with Gasteiger partial charge in [0.25, 0.3) is 0 Å². The van der Waals surface area contributed by atoms with Crippen LogP contribution >= 0.6 is 11.6 Å². The molecule has 1 aromatic rings. The van der Waals surface area contributed by atoms with Crippen LogP contribution in [0.15, 0.2) is 24.3 Å². The zero-order chi connectivity index (χ0) is 15.2. The highest BCUT2D eigenvalue weighted by molar-refractivity contribution is 6.30. The monoisotopic (exact) mass is 298 g/mol. The number of hydrogen-bond donors (Lipinski definition) is 3. The summed E-state index contributed by atoms with van der Waals surface area (Å²) in [7, 11) is 0. The number of nitrogens with one attached hydrogen (secondary N) is 2. The lowest BCUT2D eigenvalue weighted by Gasteiger charge is -2.27. The Hall–Kier alpha value is -1.59. The second-order valence-corrected chi connectivity index (χ2v) is 4.94. The Balaban J connectivity index is 2.58. The number of benzene rings is 1. The molecule has 1 rings (SSSR count). The van der Waals surface area contributed by atoms with E-state index in [2.05, 4.69) is 10.6 Å². The van der Waals surface area contributed by atoms with E-state index in [9.17, 15) is 14.7 Å². The summed E-state index contributed by atoms with van der Waals surface area (Å²) in [6.45, 7) is 3.50. The van der Waals surface area contributed by atoms with Gasteiger partial charge in [-0.05, 0) is 37.1 Å². The third kappa shape index (κ3) is 4.21. The molecule has 0 aliphatic rings. The van der Waals surface area contributed by atoms with Gasteiger partial charge in [-0.25, -0.2) is 0 Å². The van der Waals surface area contributed by atoms with E-state index in [0.29, 0.717) is 23.6 Å². The molecule has 1 aromatic carbocycles. The zero-order valence-electron chi connectivity index (χ0n) is 11.6. The number of carboxylic acids is 1. The van der Waals surface area contributed by atoms with Gasteiger partial charge in [0.05, 0.1) is 6.54 Å². The Bertz CT molecular complexity index is 470. The molecule has 0 spiro atoms. The van der Waals surface area contributed by atoms with Crippen molar-refractivity contribution in [2.45, 2.75) is 32.2 Å². The molecule has 3 N–H and O–H groups in total. The second-order valence-electron chi connectivity index (χ2n) is 4.50. The minimum Gasteiger partial charge on any atom is -0.480 e. The van der Waals surface area contributed by atoms with Gasteiger partial charge < -0.3 is 10.4 Å². The number of amides is 1. The lowest BCUT2D eigenvalue weighted by molar-refractivity contribution is -0.145. The van der Waals surface area contributed by atoms with Gasteiger partial charge in [-0.2, -0.15) is 0 Å². The molecule has 0 bridgehead atoms. The summed E-state index contributed by atoms with van der Waals surface area (Å²) < 4.78 is 0. The van der Waals surface area contributed by atoms with Gasteiger partial charge in [-0.1, -0.05) is 25.4 Å². The minimum atomic E-state index is -1.06. The van der Waals surface area contributed by atoms with Gasteiger partial charge in [0.15, 0.2) is 0 Å². The van der Waals surface area contributed by atoms with E-state index in [-0.39, 0.29) is 12.5 Å². The van der Waals surface area contributed by atoms with Crippen molar-refractivity contribution in [3.05, 3.63) is 29.3 Å². The van der Waals surface area contributed by atoms with Gasteiger partial charge in [-0.15, -0.1) is 0 Å². The van der Waals surface area contributed by atoms with Crippen LogP contribution in [0.25, 0.3) is 0 Å². The SMILES string of the molecule is CCC(CC)(NCC(=O)Nc1ccc(Cl)cc1)C(=O)O. The standard InChI is InChI=1S/C14H19ClN2O3/c1-3-14(4-2,13(19)20)16-9-12(18)17-11-7-5-10(15)6-8-11/h5-8,16H,3-4,9H2,1-2H3,(H,17,18)(H,19,20). The maximum atomic E-state index is 11.8. The normalized spacial score (nSPS) is 11.2. The molecule has 0 aliphatic carbocycles. The number of carbonyl (C=O) groups is 2. The fraction of sp³-hybridized carbons (Fsp3) is 0.429. The molecular weight excluding hydrogens is 280 g/mol. The molecule has 0 saturated heterocycles. The molecule has 5 nitrogen and oxygen atoms in total. The third-order valence-electron chi connectivity index (χ3n) is 3.33. The van der Waals surface area contributed by atoms with Crippen LogP contribution in [-0.2, 0) is 9.59 Å². The molecule has 110 valence electrons. The molecule has 1 amide bonds. The van der Waals surface area contributed by atoms with Crippen molar-refractivity contribution < 1.29 is 14.7 Å². The van der Waals surface area contributed by atoms with Crippen molar-refractivity contribution in [1.29, 1.82) is 0 Å². The number of hydrogen-bond acceptors (Lipinski definition) is 3. The van der Waals surface area contributed by atoms with Crippen molar-refractivity contribution in [2.75, 3.05) is 11.9 Å². The van der Waals surface area contributed by atoms with E-state index >= 15 is 0 Å². The van der Waals surface area contributed by atoms with E-state index in [1.54, 1.807) is 38.1 Å². The summed E-state index contributed by atoms with van der Waals surface area (Å²) in [5.74, 6) is -1.23. The third-order valence-corrected chi connectivity index (χ3v) is 3.58. The van der Waals surface area contributed by atoms with Crippen LogP contribution in [0.5, 0.6) is 0 Å². The van der Waals surface area contributed by atoms with Gasteiger partial charge in [0.2, 0.25) is 5.91 Å². The fourth-order valence-corrected chi connectivity index (χ4v) is 1.99. The first-order valence-corrected chi connectivity index (χ1v) is 6.85. The fourth-order valence-electron chi connectivity index (χ4n) is 1.87. The molecule has 0 radical (unpaired) electrons. The topological polar surface area (TPSA) is 78.4 Å². The number of anilines is 1. The molecule has 20 heavy (non-hydrogen) atoms. The van der Waals surface area contributed by atoms with Gasteiger partial charge in [-0.3, -0.25) is 14.9 Å². The van der Waals surface area contributed by atoms with Crippen molar-refractivity contribution in [1.82, 2.24) is 5.32 Å². The number of halogens is 1. The highest BCUT2D eigenvalue weighted by Gasteiger charge is 2.34. The average Bonchev–Trinajstić information content (AvgIpc) is 2.43. The van der Waals surface area contributed by atoms with Gasteiger partial charge >= 0.3 is 5.97 Å². The van der Waals surface area contributed by atoms with Crippen molar-refractivity contribution in [3.8, 4) is 0 Å². The summed E-state index contributed by atoms with van der Waals surface area (Å²) in [6.07, 6.45) is 0.820.